The van der Waals surface area contributed by atoms with Gasteiger partial charge < -0.3 is 15.2 Å². The van der Waals surface area contributed by atoms with Crippen molar-refractivity contribution in [2.24, 2.45) is 5.10 Å². The summed E-state index contributed by atoms with van der Waals surface area (Å²) in [6.45, 7) is 0. The minimum Gasteiger partial charge on any atom is -0.496 e. The van der Waals surface area contributed by atoms with Crippen molar-refractivity contribution in [1.82, 2.24) is 4.98 Å². The largest absolute Gasteiger partial charge is 0.573 e. The molecule has 2 aromatic rings. The van der Waals surface area contributed by atoms with Crippen LogP contribution in [0.25, 0.3) is 0 Å². The second-order valence-electron chi connectivity index (χ2n) is 3.90. The van der Waals surface area contributed by atoms with Gasteiger partial charge in [0.25, 0.3) is 0 Å². The summed E-state index contributed by atoms with van der Waals surface area (Å²) in [6.07, 6.45) is -3.37. The highest BCUT2D eigenvalue weighted by molar-refractivity contribution is 7.14. The molecule has 0 unspecified atom stereocenters. The lowest BCUT2D eigenvalue weighted by Crippen LogP contribution is -2.17. The highest BCUT2D eigenvalue weighted by atomic mass is 32.1. The molecule has 118 valence electrons. The number of hydrogen-bond acceptors (Lipinski definition) is 7. The molecule has 6 nitrogen and oxygen atoms in total. The van der Waals surface area contributed by atoms with Gasteiger partial charge in [0, 0.05) is 17.0 Å². The fourth-order valence-corrected chi connectivity index (χ4v) is 2.04. The van der Waals surface area contributed by atoms with Crippen LogP contribution in [-0.2, 0) is 0 Å². The zero-order valence-electron chi connectivity index (χ0n) is 11.2. The Balaban J connectivity index is 2.10. The third kappa shape index (κ3) is 4.52. The number of nitrogens with one attached hydrogen (secondary N) is 1. The average Bonchev–Trinajstić information content (AvgIpc) is 2.84. The second kappa shape index (κ2) is 6.52. The van der Waals surface area contributed by atoms with Crippen LogP contribution in [0.3, 0.4) is 0 Å². The summed E-state index contributed by atoms with van der Waals surface area (Å²) in [7, 11) is 1.33. The highest BCUT2D eigenvalue weighted by Crippen LogP contribution is 2.28. The number of ether oxygens (including phenoxy) is 2. The van der Waals surface area contributed by atoms with Crippen molar-refractivity contribution in [1.29, 1.82) is 0 Å². The van der Waals surface area contributed by atoms with Crippen LogP contribution >= 0.6 is 11.3 Å². The molecule has 0 spiro atoms. The lowest BCUT2D eigenvalue weighted by Gasteiger charge is -2.11. The van der Waals surface area contributed by atoms with E-state index >= 15 is 0 Å². The molecule has 0 fully saturated rings. The molecule has 1 aromatic heterocycles. The lowest BCUT2D eigenvalue weighted by molar-refractivity contribution is -0.274. The number of thiazole rings is 1. The smallest absolute Gasteiger partial charge is 0.496 e. The Morgan fingerprint density at radius 2 is 2.18 bits per heavy atom. The minimum atomic E-state index is -4.76. The molecule has 2 rings (SSSR count). The number of alkyl halides is 3. The number of methoxy groups -OCH3 is 1. The highest BCUT2D eigenvalue weighted by Gasteiger charge is 2.31. The Morgan fingerprint density at radius 3 is 2.77 bits per heavy atom. The van der Waals surface area contributed by atoms with Crippen molar-refractivity contribution < 1.29 is 22.6 Å². The van der Waals surface area contributed by atoms with Gasteiger partial charge in [-0.05, 0) is 12.1 Å². The summed E-state index contributed by atoms with van der Waals surface area (Å²) in [5.41, 5.74) is 8.57. The Kier molecular flexibility index (Phi) is 4.71. The van der Waals surface area contributed by atoms with Gasteiger partial charge in [-0.1, -0.05) is 0 Å². The summed E-state index contributed by atoms with van der Waals surface area (Å²) in [4.78, 5) is 3.93. The summed E-state index contributed by atoms with van der Waals surface area (Å²) < 4.78 is 45.3. The van der Waals surface area contributed by atoms with Crippen LogP contribution in [0.15, 0.2) is 28.7 Å². The molecule has 0 amide bonds. The number of halogens is 3. The Bertz CT molecular complexity index is 673. The maximum absolute atomic E-state index is 12.2. The van der Waals surface area contributed by atoms with E-state index in [0.29, 0.717) is 16.5 Å². The van der Waals surface area contributed by atoms with Crippen molar-refractivity contribution in [2.75, 3.05) is 18.3 Å². The van der Waals surface area contributed by atoms with Gasteiger partial charge in [0.1, 0.15) is 17.3 Å². The van der Waals surface area contributed by atoms with E-state index in [-0.39, 0.29) is 11.5 Å². The molecule has 10 heteroatoms. The van der Waals surface area contributed by atoms with Crippen molar-refractivity contribution in [3.05, 3.63) is 29.1 Å². The first kappa shape index (κ1) is 15.9. The molecule has 0 atom stereocenters. The Morgan fingerprint density at radius 1 is 1.41 bits per heavy atom. The van der Waals surface area contributed by atoms with Gasteiger partial charge in [0.05, 0.1) is 13.3 Å². The number of rotatable bonds is 5. The van der Waals surface area contributed by atoms with Crippen molar-refractivity contribution in [3.63, 3.8) is 0 Å². The fraction of sp³-hybridized carbons (Fsp3) is 0.167. The number of nitrogen functional groups attached to an aromatic ring is 1. The molecule has 1 heterocycles. The van der Waals surface area contributed by atoms with E-state index < -0.39 is 6.36 Å². The van der Waals surface area contributed by atoms with Gasteiger partial charge >= 0.3 is 6.36 Å². The first-order valence-electron chi connectivity index (χ1n) is 5.81. The van der Waals surface area contributed by atoms with Crippen LogP contribution < -0.4 is 20.6 Å². The molecule has 0 bridgehead atoms. The van der Waals surface area contributed by atoms with Crippen LogP contribution in [0, 0.1) is 0 Å². The number of benzene rings is 1. The molecular formula is C12H11F3N4O2S. The van der Waals surface area contributed by atoms with Gasteiger partial charge in [0.15, 0.2) is 0 Å². The van der Waals surface area contributed by atoms with Gasteiger partial charge in [-0.2, -0.15) is 5.10 Å². The third-order valence-electron chi connectivity index (χ3n) is 2.32. The molecule has 0 aliphatic heterocycles. The van der Waals surface area contributed by atoms with Gasteiger partial charge in [-0.3, -0.25) is 5.43 Å². The van der Waals surface area contributed by atoms with Crippen molar-refractivity contribution in [3.8, 4) is 11.5 Å². The van der Waals surface area contributed by atoms with E-state index in [1.54, 1.807) is 5.38 Å². The van der Waals surface area contributed by atoms with E-state index in [1.807, 2.05) is 0 Å². The molecule has 0 aliphatic carbocycles. The summed E-state index contributed by atoms with van der Waals surface area (Å²) >= 11 is 1.27. The van der Waals surface area contributed by atoms with Crippen LogP contribution in [-0.4, -0.2) is 24.7 Å². The topological polar surface area (TPSA) is 81.8 Å². The van der Waals surface area contributed by atoms with Gasteiger partial charge in [-0.15, -0.1) is 24.5 Å². The molecule has 0 radical (unpaired) electrons. The molecule has 22 heavy (non-hydrogen) atoms. The van der Waals surface area contributed by atoms with Gasteiger partial charge in [0.2, 0.25) is 5.13 Å². The van der Waals surface area contributed by atoms with Crippen LogP contribution in [0.2, 0.25) is 0 Å². The molecule has 0 saturated carbocycles. The van der Waals surface area contributed by atoms with Crippen molar-refractivity contribution >= 4 is 28.5 Å². The number of hydrogen-bond donors (Lipinski definition) is 2. The van der Waals surface area contributed by atoms with Crippen LogP contribution in [0.1, 0.15) is 5.56 Å². The maximum Gasteiger partial charge on any atom is 0.573 e. The number of nitrogens with zero attached hydrogens (tertiary/aromatic N) is 2. The predicted octanol–water partition coefficient (Wildman–Crippen LogP) is 3.08. The average molecular weight is 332 g/mol. The molecular weight excluding hydrogens is 321 g/mol. The lowest BCUT2D eigenvalue weighted by atomic mass is 10.2. The van der Waals surface area contributed by atoms with Crippen LogP contribution in [0.5, 0.6) is 11.5 Å². The summed E-state index contributed by atoms with van der Waals surface area (Å²) in [5, 5.41) is 6.04. The number of nitrogens with two attached hydrogens (primary N) is 1. The van der Waals surface area contributed by atoms with E-state index in [4.69, 9.17) is 10.5 Å². The molecule has 1 aromatic carbocycles. The quantitative estimate of drug-likeness (QED) is 0.649. The fourth-order valence-electron chi connectivity index (χ4n) is 1.49. The van der Waals surface area contributed by atoms with E-state index in [2.05, 4.69) is 20.2 Å². The van der Waals surface area contributed by atoms with E-state index in [0.717, 1.165) is 6.07 Å². The summed E-state index contributed by atoms with van der Waals surface area (Å²) in [6, 6.07) is 3.68. The Labute approximate surface area is 127 Å². The molecule has 3 N–H and O–H groups in total. The number of hydrazone groups is 1. The predicted molar refractivity (Wildman–Crippen MR) is 77.4 cm³/mol. The first-order chi connectivity index (χ1) is 10.4. The number of aromatic nitrogens is 1. The maximum atomic E-state index is 12.2. The SMILES string of the molecule is COc1cc(OC(F)(F)F)ccc1C=NNc1nc(N)cs1. The number of anilines is 2. The minimum absolute atomic E-state index is 0.186. The van der Waals surface area contributed by atoms with E-state index in [1.165, 1.54) is 36.8 Å². The first-order valence-corrected chi connectivity index (χ1v) is 6.69. The molecule has 0 saturated heterocycles. The standard InChI is InChI=1S/C12H11F3N4O2S/c1-20-9-4-8(21-12(13,14)15)3-2-7(9)5-17-19-11-18-10(16)6-22-11/h2-6H,16H2,1H3,(H,18,19). The van der Waals surface area contributed by atoms with Crippen LogP contribution in [0.4, 0.5) is 24.1 Å². The van der Waals surface area contributed by atoms with Gasteiger partial charge in [-0.25, -0.2) is 4.98 Å². The normalized spacial score (nSPS) is 11.6. The third-order valence-corrected chi connectivity index (χ3v) is 3.09. The van der Waals surface area contributed by atoms with Crippen molar-refractivity contribution in [2.45, 2.75) is 6.36 Å². The molecule has 0 aliphatic rings. The Hall–Kier alpha value is -2.49. The summed E-state index contributed by atoms with van der Waals surface area (Å²) in [5.74, 6) is 0.182. The van der Waals surface area contributed by atoms with E-state index in [9.17, 15) is 13.2 Å². The second-order valence-corrected chi connectivity index (χ2v) is 4.76. The monoisotopic (exact) mass is 332 g/mol. The zero-order valence-corrected chi connectivity index (χ0v) is 12.0. The zero-order chi connectivity index (χ0) is 16.2.